The Morgan fingerprint density at radius 1 is 1.07 bits per heavy atom. The van der Waals surface area contributed by atoms with Crippen molar-refractivity contribution < 1.29 is 19.1 Å². The van der Waals surface area contributed by atoms with E-state index in [4.69, 9.17) is 9.47 Å². The Hall–Kier alpha value is -3.19. The maximum Gasteiger partial charge on any atom is 0.342 e. The van der Waals surface area contributed by atoms with E-state index in [1.165, 1.54) is 25.4 Å². The zero-order valence-electron chi connectivity index (χ0n) is 14.8. The molecule has 0 spiro atoms. The predicted octanol–water partition coefficient (Wildman–Crippen LogP) is 4.00. The minimum Gasteiger partial charge on any atom is -0.496 e. The number of methoxy groups -OCH3 is 1. The van der Waals surface area contributed by atoms with E-state index < -0.39 is 18.0 Å². The maximum atomic E-state index is 12.3. The zero-order chi connectivity index (χ0) is 19.2. The van der Waals surface area contributed by atoms with Crippen LogP contribution < -0.4 is 10.1 Å². The van der Waals surface area contributed by atoms with Crippen LogP contribution in [-0.4, -0.2) is 30.1 Å². The third kappa shape index (κ3) is 4.51. The lowest BCUT2D eigenvalue weighted by Crippen LogP contribution is -2.30. The molecule has 3 aromatic rings. The highest BCUT2D eigenvalue weighted by Crippen LogP contribution is 2.25. The number of ether oxygens (including phenoxy) is 2. The first kappa shape index (κ1) is 18.6. The lowest BCUT2D eigenvalue weighted by molar-refractivity contribution is -0.123. The van der Waals surface area contributed by atoms with Crippen LogP contribution in [0.2, 0.25) is 0 Å². The summed E-state index contributed by atoms with van der Waals surface area (Å²) in [5.41, 5.74) is 2.00. The molecule has 27 heavy (non-hydrogen) atoms. The van der Waals surface area contributed by atoms with Crippen molar-refractivity contribution in [3.8, 4) is 17.0 Å². The Morgan fingerprint density at radius 2 is 1.78 bits per heavy atom. The van der Waals surface area contributed by atoms with E-state index >= 15 is 0 Å². The number of carbonyl (C=O) groups is 2. The summed E-state index contributed by atoms with van der Waals surface area (Å²) in [7, 11) is 1.47. The lowest BCUT2D eigenvalue weighted by atomic mass is 10.2. The fourth-order valence-electron chi connectivity index (χ4n) is 2.37. The average molecular weight is 382 g/mol. The van der Waals surface area contributed by atoms with Crippen LogP contribution in [0.3, 0.4) is 0 Å². The molecular weight excluding hydrogens is 364 g/mol. The number of aromatic nitrogens is 1. The molecular formula is C20H18N2O4S. The SMILES string of the molecule is COc1ccccc1C(=O)O[C@H](C)C(=O)Nc1nc(-c2ccccc2)cs1. The molecule has 0 unspecified atom stereocenters. The van der Waals surface area contributed by atoms with Gasteiger partial charge in [-0.2, -0.15) is 0 Å². The van der Waals surface area contributed by atoms with Gasteiger partial charge in [0.15, 0.2) is 11.2 Å². The van der Waals surface area contributed by atoms with Crippen LogP contribution in [0.15, 0.2) is 60.0 Å². The first-order valence-corrected chi connectivity index (χ1v) is 9.12. The summed E-state index contributed by atoms with van der Waals surface area (Å²) in [4.78, 5) is 29.0. The largest absolute Gasteiger partial charge is 0.496 e. The fraction of sp³-hybridized carbons (Fsp3) is 0.150. The number of hydrogen-bond donors (Lipinski definition) is 1. The van der Waals surface area contributed by atoms with E-state index in [1.807, 2.05) is 35.7 Å². The highest BCUT2D eigenvalue weighted by Gasteiger charge is 2.22. The number of anilines is 1. The van der Waals surface area contributed by atoms with Crippen molar-refractivity contribution in [2.45, 2.75) is 13.0 Å². The number of nitrogens with zero attached hydrogens (tertiary/aromatic N) is 1. The molecule has 0 fully saturated rings. The topological polar surface area (TPSA) is 77.5 Å². The molecule has 1 aromatic heterocycles. The van der Waals surface area contributed by atoms with Crippen molar-refractivity contribution in [1.82, 2.24) is 4.98 Å². The summed E-state index contributed by atoms with van der Waals surface area (Å²) in [6.07, 6.45) is -0.980. The minimum atomic E-state index is -0.980. The van der Waals surface area contributed by atoms with E-state index in [1.54, 1.807) is 24.3 Å². The smallest absolute Gasteiger partial charge is 0.342 e. The number of thiazole rings is 1. The van der Waals surface area contributed by atoms with Gasteiger partial charge in [-0.25, -0.2) is 9.78 Å². The van der Waals surface area contributed by atoms with Crippen LogP contribution in [-0.2, 0) is 9.53 Å². The molecule has 7 heteroatoms. The van der Waals surface area contributed by atoms with Crippen molar-refractivity contribution >= 4 is 28.3 Å². The lowest BCUT2D eigenvalue weighted by Gasteiger charge is -2.13. The zero-order valence-corrected chi connectivity index (χ0v) is 15.7. The van der Waals surface area contributed by atoms with Crippen LogP contribution in [0.4, 0.5) is 5.13 Å². The van der Waals surface area contributed by atoms with E-state index in [-0.39, 0.29) is 5.56 Å². The fourth-order valence-corrected chi connectivity index (χ4v) is 3.09. The van der Waals surface area contributed by atoms with Gasteiger partial charge in [-0.15, -0.1) is 11.3 Å². The predicted molar refractivity (Wildman–Crippen MR) is 104 cm³/mol. The molecule has 0 radical (unpaired) electrons. The van der Waals surface area contributed by atoms with Gasteiger partial charge in [0.05, 0.1) is 12.8 Å². The Balaban J connectivity index is 1.63. The number of carbonyl (C=O) groups excluding carboxylic acids is 2. The number of nitrogens with one attached hydrogen (secondary N) is 1. The molecule has 0 aliphatic carbocycles. The highest BCUT2D eigenvalue weighted by molar-refractivity contribution is 7.14. The number of para-hydroxylation sites is 1. The van der Waals surface area contributed by atoms with Gasteiger partial charge in [-0.05, 0) is 19.1 Å². The van der Waals surface area contributed by atoms with Crippen molar-refractivity contribution in [1.29, 1.82) is 0 Å². The standard InChI is InChI=1S/C20H18N2O4S/c1-13(26-19(24)15-10-6-7-11-17(15)25-2)18(23)22-20-21-16(12-27-20)14-8-4-3-5-9-14/h3-13H,1-2H3,(H,21,22,23)/t13-/m1/s1. The van der Waals surface area contributed by atoms with Crippen LogP contribution in [0.1, 0.15) is 17.3 Å². The summed E-state index contributed by atoms with van der Waals surface area (Å²) in [6.45, 7) is 1.51. The Kier molecular flexibility index (Phi) is 5.83. The second kappa shape index (κ2) is 8.46. The summed E-state index contributed by atoms with van der Waals surface area (Å²) in [5.74, 6) is -0.686. The van der Waals surface area contributed by atoms with Gasteiger partial charge in [0.25, 0.3) is 5.91 Å². The molecule has 3 rings (SSSR count). The van der Waals surface area contributed by atoms with Gasteiger partial charge in [-0.3, -0.25) is 10.1 Å². The summed E-state index contributed by atoms with van der Waals surface area (Å²) in [5, 5.41) is 4.98. The first-order valence-electron chi connectivity index (χ1n) is 8.24. The third-order valence-electron chi connectivity index (χ3n) is 3.78. The van der Waals surface area contributed by atoms with Crippen LogP contribution in [0.25, 0.3) is 11.3 Å². The second-order valence-electron chi connectivity index (χ2n) is 5.64. The van der Waals surface area contributed by atoms with Gasteiger partial charge in [0.1, 0.15) is 11.3 Å². The monoisotopic (exact) mass is 382 g/mol. The minimum absolute atomic E-state index is 0.264. The molecule has 0 bridgehead atoms. The molecule has 1 heterocycles. The van der Waals surface area contributed by atoms with Gasteiger partial charge in [-0.1, -0.05) is 42.5 Å². The second-order valence-corrected chi connectivity index (χ2v) is 6.50. The number of benzene rings is 2. The molecule has 1 atom stereocenters. The van der Waals surface area contributed by atoms with Gasteiger partial charge >= 0.3 is 5.97 Å². The van der Waals surface area contributed by atoms with Gasteiger partial charge < -0.3 is 9.47 Å². The number of hydrogen-bond acceptors (Lipinski definition) is 6. The molecule has 1 N–H and O–H groups in total. The normalized spacial score (nSPS) is 11.5. The van der Waals surface area contributed by atoms with E-state index in [9.17, 15) is 9.59 Å². The van der Waals surface area contributed by atoms with Crippen LogP contribution >= 0.6 is 11.3 Å². The summed E-state index contributed by atoms with van der Waals surface area (Å²) in [6, 6.07) is 16.3. The highest BCUT2D eigenvalue weighted by atomic mass is 32.1. The van der Waals surface area contributed by atoms with Gasteiger partial charge in [0.2, 0.25) is 0 Å². The summed E-state index contributed by atoms with van der Waals surface area (Å²) >= 11 is 1.31. The average Bonchev–Trinajstić information content (AvgIpc) is 3.17. The first-order chi connectivity index (χ1) is 13.1. The number of amides is 1. The quantitative estimate of drug-likeness (QED) is 0.652. The molecule has 6 nitrogen and oxygen atoms in total. The number of rotatable bonds is 6. The van der Waals surface area contributed by atoms with Crippen molar-refractivity contribution in [2.24, 2.45) is 0 Å². The molecule has 0 saturated carbocycles. The number of esters is 1. The third-order valence-corrected chi connectivity index (χ3v) is 4.54. The van der Waals surface area contributed by atoms with E-state index in [0.29, 0.717) is 10.9 Å². The van der Waals surface area contributed by atoms with Gasteiger partial charge in [0, 0.05) is 10.9 Å². The Labute approximate surface area is 160 Å². The molecule has 0 aliphatic rings. The van der Waals surface area contributed by atoms with Crippen molar-refractivity contribution in [3.05, 3.63) is 65.5 Å². The maximum absolute atomic E-state index is 12.3. The molecule has 1 amide bonds. The molecule has 0 aliphatic heterocycles. The molecule has 138 valence electrons. The van der Waals surface area contributed by atoms with E-state index in [0.717, 1.165) is 11.3 Å². The molecule has 0 saturated heterocycles. The van der Waals surface area contributed by atoms with Crippen LogP contribution in [0.5, 0.6) is 5.75 Å². The van der Waals surface area contributed by atoms with Crippen molar-refractivity contribution in [2.75, 3.05) is 12.4 Å². The Morgan fingerprint density at radius 3 is 2.52 bits per heavy atom. The Bertz CT molecular complexity index is 940. The molecule has 2 aromatic carbocycles. The van der Waals surface area contributed by atoms with Crippen molar-refractivity contribution in [3.63, 3.8) is 0 Å². The van der Waals surface area contributed by atoms with Crippen LogP contribution in [0, 0.1) is 0 Å². The van der Waals surface area contributed by atoms with E-state index in [2.05, 4.69) is 10.3 Å². The summed E-state index contributed by atoms with van der Waals surface area (Å²) < 4.78 is 10.4.